The number of rotatable bonds is 11. The molecule has 1 saturated carbocycles. The molecule has 1 unspecified atom stereocenters. The van der Waals surface area contributed by atoms with E-state index in [1.807, 2.05) is 24.5 Å². The van der Waals surface area contributed by atoms with Gasteiger partial charge in [-0.15, -0.1) is 0 Å². The van der Waals surface area contributed by atoms with Crippen LogP contribution in [0, 0.1) is 17.7 Å². The Labute approximate surface area is 189 Å². The molecule has 1 aromatic carbocycles. The molecule has 0 saturated heterocycles. The number of unbranched alkanes of at least 4 members (excludes halogenated alkanes) is 4. The number of benzene rings is 1. The van der Waals surface area contributed by atoms with Crippen molar-refractivity contribution in [1.29, 1.82) is 0 Å². The highest BCUT2D eigenvalue weighted by molar-refractivity contribution is 5.62. The van der Waals surface area contributed by atoms with Crippen LogP contribution in [0.1, 0.15) is 109 Å². The lowest BCUT2D eigenvalue weighted by Crippen LogP contribution is -2.20. The van der Waals surface area contributed by atoms with Gasteiger partial charge in [0.15, 0.2) is 0 Å². The van der Waals surface area contributed by atoms with Crippen molar-refractivity contribution in [2.45, 2.75) is 104 Å². The lowest BCUT2D eigenvalue weighted by molar-refractivity contribution is 0.232. The van der Waals surface area contributed by atoms with Gasteiger partial charge in [-0.1, -0.05) is 84.3 Å². The number of hydrogen-bond donors (Lipinski definition) is 0. The maximum atomic E-state index is 14.7. The van der Waals surface area contributed by atoms with Crippen LogP contribution in [-0.2, 0) is 6.42 Å². The van der Waals surface area contributed by atoms with Crippen LogP contribution in [0.15, 0.2) is 30.6 Å². The largest absolute Gasteiger partial charge is 0.240 e. The molecule has 1 aliphatic rings. The lowest BCUT2D eigenvalue weighted by Gasteiger charge is -2.31. The Morgan fingerprint density at radius 2 is 1.61 bits per heavy atom. The molecule has 2 nitrogen and oxygen atoms in total. The highest BCUT2D eigenvalue weighted by atomic mass is 19.1. The molecule has 170 valence electrons. The van der Waals surface area contributed by atoms with Crippen molar-refractivity contribution in [3.8, 4) is 11.1 Å². The van der Waals surface area contributed by atoms with Gasteiger partial charge in [0.05, 0.1) is 0 Å². The summed E-state index contributed by atoms with van der Waals surface area (Å²) in [6, 6.07) is 5.61. The second-order valence-electron chi connectivity index (χ2n) is 9.67. The first-order valence-electron chi connectivity index (χ1n) is 12.7. The Bertz CT molecular complexity index is 778. The van der Waals surface area contributed by atoms with Gasteiger partial charge < -0.3 is 0 Å². The number of nitrogens with zero attached hydrogens (tertiary/aromatic N) is 2. The molecule has 3 rings (SSSR count). The molecule has 0 radical (unpaired) electrons. The summed E-state index contributed by atoms with van der Waals surface area (Å²) in [5.41, 5.74) is 2.45. The van der Waals surface area contributed by atoms with Crippen molar-refractivity contribution in [1.82, 2.24) is 9.97 Å². The van der Waals surface area contributed by atoms with Crippen molar-refractivity contribution in [3.05, 3.63) is 47.8 Å². The van der Waals surface area contributed by atoms with E-state index in [0.29, 0.717) is 17.4 Å². The van der Waals surface area contributed by atoms with E-state index in [9.17, 15) is 4.39 Å². The number of aromatic nitrogens is 2. The van der Waals surface area contributed by atoms with Crippen LogP contribution in [0.3, 0.4) is 0 Å². The third kappa shape index (κ3) is 6.85. The SMILES string of the molecule is CCCCCc1ccc(-c2cnc(C(C)C3CCC(CCCCC)CC3)nc2)c(F)c1. The minimum Gasteiger partial charge on any atom is -0.240 e. The molecule has 1 fully saturated rings. The predicted octanol–water partition coefficient (Wildman–Crippen LogP) is 8.51. The summed E-state index contributed by atoms with van der Waals surface area (Å²) in [4.78, 5) is 9.31. The van der Waals surface area contributed by atoms with Gasteiger partial charge in [-0.25, -0.2) is 14.4 Å². The van der Waals surface area contributed by atoms with Gasteiger partial charge in [0.1, 0.15) is 11.6 Å². The highest BCUT2D eigenvalue weighted by Gasteiger charge is 2.27. The highest BCUT2D eigenvalue weighted by Crippen LogP contribution is 2.38. The molecule has 0 bridgehead atoms. The molecular formula is C28H41FN2. The Morgan fingerprint density at radius 3 is 2.26 bits per heavy atom. The monoisotopic (exact) mass is 424 g/mol. The fourth-order valence-electron chi connectivity index (χ4n) is 5.11. The first kappa shape index (κ1) is 23.9. The molecule has 2 aromatic rings. The van der Waals surface area contributed by atoms with Crippen LogP contribution in [0.25, 0.3) is 11.1 Å². The third-order valence-electron chi connectivity index (χ3n) is 7.31. The molecule has 1 heterocycles. The molecule has 0 N–H and O–H groups in total. The van der Waals surface area contributed by atoms with E-state index < -0.39 is 0 Å². The Balaban J connectivity index is 1.56. The molecule has 1 aromatic heterocycles. The first-order valence-corrected chi connectivity index (χ1v) is 12.7. The van der Waals surface area contributed by atoms with E-state index in [1.165, 1.54) is 64.2 Å². The van der Waals surface area contributed by atoms with Crippen molar-refractivity contribution >= 4 is 0 Å². The summed E-state index contributed by atoms with van der Waals surface area (Å²) < 4.78 is 14.7. The fraction of sp³-hybridized carbons (Fsp3) is 0.643. The maximum absolute atomic E-state index is 14.7. The third-order valence-corrected chi connectivity index (χ3v) is 7.31. The van der Waals surface area contributed by atoms with Gasteiger partial charge >= 0.3 is 0 Å². The number of halogens is 1. The maximum Gasteiger partial charge on any atom is 0.131 e. The summed E-state index contributed by atoms with van der Waals surface area (Å²) in [6.07, 6.45) is 18.8. The van der Waals surface area contributed by atoms with Crippen molar-refractivity contribution in [2.24, 2.45) is 11.8 Å². The molecular weight excluding hydrogens is 383 g/mol. The second-order valence-corrected chi connectivity index (χ2v) is 9.67. The molecule has 0 spiro atoms. The first-order chi connectivity index (χ1) is 15.1. The zero-order valence-corrected chi connectivity index (χ0v) is 19.9. The van der Waals surface area contributed by atoms with Crippen molar-refractivity contribution in [2.75, 3.05) is 0 Å². The zero-order chi connectivity index (χ0) is 22.1. The Hall–Kier alpha value is -1.77. The van der Waals surface area contributed by atoms with Gasteiger partial charge in [0, 0.05) is 29.4 Å². The van der Waals surface area contributed by atoms with Crippen molar-refractivity contribution in [3.63, 3.8) is 0 Å². The summed E-state index contributed by atoms with van der Waals surface area (Å²) in [6.45, 7) is 6.73. The van der Waals surface area contributed by atoms with Crippen LogP contribution < -0.4 is 0 Å². The Kier molecular flexibility index (Phi) is 9.49. The summed E-state index contributed by atoms with van der Waals surface area (Å²) >= 11 is 0. The normalized spacial score (nSPS) is 20.0. The van der Waals surface area contributed by atoms with Gasteiger partial charge in [-0.2, -0.15) is 0 Å². The summed E-state index contributed by atoms with van der Waals surface area (Å²) in [5, 5.41) is 0. The number of aryl methyl sites for hydroxylation is 1. The van der Waals surface area contributed by atoms with Crippen LogP contribution in [0.4, 0.5) is 4.39 Å². The minimum absolute atomic E-state index is 0.167. The van der Waals surface area contributed by atoms with E-state index >= 15 is 0 Å². The van der Waals surface area contributed by atoms with E-state index in [2.05, 4.69) is 30.7 Å². The standard InChI is InChI=1S/C28H41FN2/c1-4-6-8-10-22-12-15-24(16-13-22)21(3)28-30-19-25(20-31-28)26-17-14-23(18-27(26)29)11-9-7-5-2/h14,17-22,24H,4-13,15-16H2,1-3H3. The van der Waals surface area contributed by atoms with E-state index in [0.717, 1.165) is 35.7 Å². The smallest absolute Gasteiger partial charge is 0.131 e. The molecule has 1 atom stereocenters. The lowest BCUT2D eigenvalue weighted by atomic mass is 9.74. The average molecular weight is 425 g/mol. The van der Waals surface area contributed by atoms with Gasteiger partial charge in [0.25, 0.3) is 0 Å². The molecule has 0 amide bonds. The molecule has 1 aliphatic carbocycles. The summed E-state index contributed by atoms with van der Waals surface area (Å²) in [5.74, 6) is 2.71. The topological polar surface area (TPSA) is 25.8 Å². The van der Waals surface area contributed by atoms with E-state index in [1.54, 1.807) is 6.07 Å². The second kappa shape index (κ2) is 12.3. The van der Waals surface area contributed by atoms with Crippen molar-refractivity contribution < 1.29 is 4.39 Å². The van der Waals surface area contributed by atoms with Crippen LogP contribution in [0.5, 0.6) is 0 Å². The minimum atomic E-state index is -0.167. The molecule has 31 heavy (non-hydrogen) atoms. The molecule has 0 aliphatic heterocycles. The van der Waals surface area contributed by atoms with Gasteiger partial charge in [-0.3, -0.25) is 0 Å². The van der Waals surface area contributed by atoms with Gasteiger partial charge in [-0.05, 0) is 49.1 Å². The van der Waals surface area contributed by atoms with Gasteiger partial charge in [0.2, 0.25) is 0 Å². The van der Waals surface area contributed by atoms with E-state index in [-0.39, 0.29) is 5.82 Å². The summed E-state index contributed by atoms with van der Waals surface area (Å²) in [7, 11) is 0. The predicted molar refractivity (Wildman–Crippen MR) is 129 cm³/mol. The quantitative estimate of drug-likeness (QED) is 0.338. The van der Waals surface area contributed by atoms with Crippen LogP contribution in [-0.4, -0.2) is 9.97 Å². The van der Waals surface area contributed by atoms with Crippen LogP contribution in [0.2, 0.25) is 0 Å². The fourth-order valence-corrected chi connectivity index (χ4v) is 5.11. The average Bonchev–Trinajstić information content (AvgIpc) is 2.80. The van der Waals surface area contributed by atoms with Crippen LogP contribution >= 0.6 is 0 Å². The number of hydrogen-bond acceptors (Lipinski definition) is 2. The van der Waals surface area contributed by atoms with E-state index in [4.69, 9.17) is 0 Å². The Morgan fingerprint density at radius 1 is 0.935 bits per heavy atom. The zero-order valence-electron chi connectivity index (χ0n) is 19.9. The molecule has 3 heteroatoms.